The van der Waals surface area contributed by atoms with Crippen LogP contribution < -0.4 is 0 Å². The predicted molar refractivity (Wildman–Crippen MR) is 301 cm³/mol. The van der Waals surface area contributed by atoms with Gasteiger partial charge in [-0.05, 0) is 158 Å². The van der Waals surface area contributed by atoms with Gasteiger partial charge in [-0.2, -0.15) is 0 Å². The molecule has 3 aromatic heterocycles. The monoisotopic (exact) mass is 936 g/mol. The van der Waals surface area contributed by atoms with Gasteiger partial charge < -0.3 is 9.30 Å². The summed E-state index contributed by atoms with van der Waals surface area (Å²) in [5.74, 6) is 0.625. The summed E-state index contributed by atoms with van der Waals surface area (Å²) in [6, 6.07) is 66.5. The van der Waals surface area contributed by atoms with Crippen LogP contribution in [0.2, 0.25) is 0 Å². The maximum Gasteiger partial charge on any atom is 0.217 e. The normalized spacial score (nSPS) is 16.1. The summed E-state index contributed by atoms with van der Waals surface area (Å²) in [6.07, 6.45) is 1.91. The number of nitrogens with zero attached hydrogens (tertiary/aromatic N) is 4. The molecule has 0 amide bonds. The van der Waals surface area contributed by atoms with E-state index in [1.165, 1.54) is 71.8 Å². The molecule has 354 valence electrons. The molecule has 2 atom stereocenters. The first kappa shape index (κ1) is 45.1. The van der Waals surface area contributed by atoms with Crippen molar-refractivity contribution in [2.45, 2.75) is 79.9 Å². The van der Waals surface area contributed by atoms with E-state index in [-0.39, 0.29) is 17.4 Å². The topological polar surface area (TPSA) is 44.3 Å². The van der Waals surface area contributed by atoms with Crippen LogP contribution in [0, 0.1) is 40.0 Å². The zero-order chi connectivity index (χ0) is 49.6. The third kappa shape index (κ3) is 7.36. The molecule has 4 heterocycles. The number of aryl methyl sites for hydroxylation is 5. The Balaban J connectivity index is 1.12. The molecule has 0 bridgehead atoms. The van der Waals surface area contributed by atoms with Crippen molar-refractivity contribution < 1.29 is 4.74 Å². The van der Waals surface area contributed by atoms with Gasteiger partial charge in [0.15, 0.2) is 0 Å². The molecule has 5 heteroatoms. The maximum absolute atomic E-state index is 7.50. The minimum Gasteiger partial charge on any atom is -0.468 e. The van der Waals surface area contributed by atoms with Crippen molar-refractivity contribution in [3.05, 3.63) is 233 Å². The minimum atomic E-state index is -0.667. The van der Waals surface area contributed by atoms with Crippen molar-refractivity contribution in [1.29, 1.82) is 0 Å². The Morgan fingerprint density at radius 2 is 1.11 bits per heavy atom. The number of pyridine rings is 1. The third-order valence-corrected chi connectivity index (χ3v) is 15.8. The highest BCUT2D eigenvalue weighted by molar-refractivity contribution is 6.13. The standard InChI is InChI=1S/C67H60N4O/c1-41-27-29-57-54(34-41)55-35-43(3)59(71-58-30-28-49(46-20-13-10-14-21-46)39-56(58)53-26-19-31-68-64(53)71)40-60(55)70(57)52-37-50(61-44(4)32-42(2)33-45(61)5)36-51(38-52)65-69-63(67(9,72-65)66(6,7)8)62(47-22-15-11-16-23-47)48-24-17-12-18-25-48/h10-40,62-63H,1-9H3/t63-,67+/m1/s1. The Bertz CT molecular complexity index is 3890. The smallest absolute Gasteiger partial charge is 0.217 e. The van der Waals surface area contributed by atoms with Crippen molar-refractivity contribution in [1.82, 2.24) is 14.1 Å². The molecule has 0 unspecified atom stereocenters. The molecule has 11 aromatic rings. The summed E-state index contributed by atoms with van der Waals surface area (Å²) < 4.78 is 12.3. The second kappa shape index (κ2) is 17.1. The van der Waals surface area contributed by atoms with E-state index in [9.17, 15) is 0 Å². The van der Waals surface area contributed by atoms with E-state index in [4.69, 9.17) is 14.7 Å². The van der Waals surface area contributed by atoms with Crippen LogP contribution in [0.1, 0.15) is 78.1 Å². The molecule has 0 N–H and O–H groups in total. The number of rotatable bonds is 8. The van der Waals surface area contributed by atoms with Gasteiger partial charge in [-0.1, -0.05) is 147 Å². The summed E-state index contributed by atoms with van der Waals surface area (Å²) in [6.45, 7) is 20.2. The Labute approximate surface area is 423 Å². The lowest BCUT2D eigenvalue weighted by atomic mass is 9.67. The Hall–Kier alpha value is -8.02. The van der Waals surface area contributed by atoms with Gasteiger partial charge in [0, 0.05) is 50.3 Å². The van der Waals surface area contributed by atoms with Crippen LogP contribution in [0.4, 0.5) is 0 Å². The second-order valence-corrected chi connectivity index (χ2v) is 21.5. The average molecular weight is 937 g/mol. The van der Waals surface area contributed by atoms with Gasteiger partial charge in [-0.3, -0.25) is 4.57 Å². The van der Waals surface area contributed by atoms with E-state index in [1.807, 2.05) is 12.3 Å². The largest absolute Gasteiger partial charge is 0.468 e. The quantitative estimate of drug-likeness (QED) is 0.152. The number of hydrogen-bond donors (Lipinski definition) is 0. The van der Waals surface area contributed by atoms with Crippen molar-refractivity contribution in [2.75, 3.05) is 0 Å². The Morgan fingerprint density at radius 3 is 1.79 bits per heavy atom. The van der Waals surface area contributed by atoms with Crippen molar-refractivity contribution in [3.63, 3.8) is 0 Å². The molecule has 0 spiro atoms. The summed E-state index contributed by atoms with van der Waals surface area (Å²) in [4.78, 5) is 10.9. The molecule has 0 saturated heterocycles. The predicted octanol–water partition coefficient (Wildman–Crippen LogP) is 16.9. The van der Waals surface area contributed by atoms with E-state index in [0.717, 1.165) is 50.1 Å². The fraction of sp³-hybridized carbons (Fsp3) is 0.194. The third-order valence-electron chi connectivity index (χ3n) is 15.8. The zero-order valence-corrected chi connectivity index (χ0v) is 42.7. The first-order chi connectivity index (χ1) is 34.8. The van der Waals surface area contributed by atoms with Gasteiger partial charge in [0.1, 0.15) is 17.3 Å². The van der Waals surface area contributed by atoms with Gasteiger partial charge in [0.05, 0.1) is 22.2 Å². The highest BCUT2D eigenvalue weighted by atomic mass is 16.5. The maximum atomic E-state index is 7.50. The van der Waals surface area contributed by atoms with Crippen molar-refractivity contribution >= 4 is 49.6 Å². The van der Waals surface area contributed by atoms with E-state index in [0.29, 0.717) is 5.90 Å². The van der Waals surface area contributed by atoms with Gasteiger partial charge in [0.2, 0.25) is 5.90 Å². The number of aromatic nitrogens is 3. The molecule has 1 aliphatic heterocycles. The summed E-state index contributed by atoms with van der Waals surface area (Å²) in [5.41, 5.74) is 19.7. The molecule has 12 rings (SSSR count). The molecule has 0 saturated carbocycles. The zero-order valence-electron chi connectivity index (χ0n) is 42.7. The van der Waals surface area contributed by atoms with E-state index in [2.05, 4.69) is 247 Å². The van der Waals surface area contributed by atoms with Crippen LogP contribution in [0.25, 0.3) is 77.4 Å². The Morgan fingerprint density at radius 1 is 0.500 bits per heavy atom. The van der Waals surface area contributed by atoms with Gasteiger partial charge in [0.25, 0.3) is 0 Å². The number of ether oxygens (including phenoxy) is 1. The van der Waals surface area contributed by atoms with Gasteiger partial charge in [-0.25, -0.2) is 9.98 Å². The van der Waals surface area contributed by atoms with Crippen LogP contribution in [-0.4, -0.2) is 31.7 Å². The molecule has 0 aliphatic carbocycles. The van der Waals surface area contributed by atoms with E-state index >= 15 is 0 Å². The molecule has 0 fully saturated rings. The van der Waals surface area contributed by atoms with Crippen molar-refractivity contribution in [3.8, 4) is 33.6 Å². The number of hydrogen-bond acceptors (Lipinski definition) is 3. The molecule has 0 radical (unpaired) electrons. The number of fused-ring (bicyclic) bond motifs is 6. The van der Waals surface area contributed by atoms with Crippen LogP contribution in [0.15, 0.2) is 193 Å². The van der Waals surface area contributed by atoms with Crippen molar-refractivity contribution in [2.24, 2.45) is 10.4 Å². The summed E-state index contributed by atoms with van der Waals surface area (Å²) >= 11 is 0. The molecular weight excluding hydrogens is 877 g/mol. The van der Waals surface area contributed by atoms with Crippen LogP contribution in [0.3, 0.4) is 0 Å². The fourth-order valence-electron chi connectivity index (χ4n) is 11.9. The first-order valence-corrected chi connectivity index (χ1v) is 25.4. The van der Waals surface area contributed by atoms with Crippen LogP contribution in [0.5, 0.6) is 0 Å². The summed E-state index contributed by atoms with van der Waals surface area (Å²) in [5, 5.41) is 4.72. The van der Waals surface area contributed by atoms with Crippen LogP contribution in [-0.2, 0) is 4.74 Å². The lowest BCUT2D eigenvalue weighted by Crippen LogP contribution is -2.51. The molecule has 5 nitrogen and oxygen atoms in total. The fourth-order valence-corrected chi connectivity index (χ4v) is 11.9. The molecule has 8 aromatic carbocycles. The van der Waals surface area contributed by atoms with Gasteiger partial charge in [-0.15, -0.1) is 0 Å². The minimum absolute atomic E-state index is 0.0409. The molecular formula is C67H60N4O. The summed E-state index contributed by atoms with van der Waals surface area (Å²) in [7, 11) is 0. The lowest BCUT2D eigenvalue weighted by Gasteiger charge is -2.44. The number of aliphatic imine (C=N–C) groups is 1. The molecule has 1 aliphatic rings. The highest BCUT2D eigenvalue weighted by Gasteiger charge is 2.54. The van der Waals surface area contributed by atoms with Crippen LogP contribution >= 0.6 is 0 Å². The highest BCUT2D eigenvalue weighted by Crippen LogP contribution is 2.50. The lowest BCUT2D eigenvalue weighted by molar-refractivity contribution is -0.0310. The number of benzene rings is 8. The Kier molecular flexibility index (Phi) is 10.7. The first-order valence-electron chi connectivity index (χ1n) is 25.4. The van der Waals surface area contributed by atoms with Gasteiger partial charge >= 0.3 is 0 Å². The molecule has 72 heavy (non-hydrogen) atoms. The average Bonchev–Trinajstić information content (AvgIpc) is 4.01. The van der Waals surface area contributed by atoms with E-state index < -0.39 is 5.60 Å². The van der Waals surface area contributed by atoms with E-state index in [1.54, 1.807) is 0 Å². The SMILES string of the molecule is Cc1cc(C)c(-c2cc(C3=N[C@H](C(c4ccccc4)c4ccccc4)[C@@](C)(C(C)(C)C)O3)cc(-n3c4ccc(C)cc4c4cc(C)c(-n5c6ccc(-c7ccccc7)cc6c6cccnc65)cc43)c2)c(C)c1. The second-order valence-electron chi connectivity index (χ2n) is 21.5.